The van der Waals surface area contributed by atoms with Crippen molar-refractivity contribution in [2.75, 3.05) is 27.2 Å². The van der Waals surface area contributed by atoms with Gasteiger partial charge in [-0.05, 0) is 75.4 Å². The number of benzene rings is 1. The Kier molecular flexibility index (Phi) is 4.29. The second-order valence-electron chi connectivity index (χ2n) is 6.65. The average Bonchev–Trinajstić information content (AvgIpc) is 2.91. The van der Waals surface area contributed by atoms with E-state index in [1.807, 2.05) is 18.0 Å². The Hall–Kier alpha value is -1.35. The maximum atomic E-state index is 12.6. The minimum absolute atomic E-state index is 0.170. The first-order valence-electron chi connectivity index (χ1n) is 8.22. The largest absolute Gasteiger partial charge is 0.340 e. The fourth-order valence-electron chi connectivity index (χ4n) is 3.70. The number of rotatable bonds is 3. The molecule has 0 aromatic heterocycles. The molecular formula is C18H26N2O. The molecule has 1 aliphatic heterocycles. The van der Waals surface area contributed by atoms with Crippen LogP contribution in [0.2, 0.25) is 0 Å². The van der Waals surface area contributed by atoms with Gasteiger partial charge >= 0.3 is 0 Å². The molecule has 1 aromatic carbocycles. The summed E-state index contributed by atoms with van der Waals surface area (Å²) in [4.78, 5) is 16.9. The van der Waals surface area contributed by atoms with E-state index in [1.165, 1.54) is 43.2 Å². The third kappa shape index (κ3) is 3.13. The van der Waals surface area contributed by atoms with Crippen molar-refractivity contribution in [3.63, 3.8) is 0 Å². The molecule has 2 aliphatic rings. The van der Waals surface area contributed by atoms with E-state index in [9.17, 15) is 4.79 Å². The Morgan fingerprint density at radius 2 is 2.00 bits per heavy atom. The van der Waals surface area contributed by atoms with Gasteiger partial charge < -0.3 is 9.80 Å². The molecule has 1 amide bonds. The number of aryl methyl sites for hydroxylation is 2. The zero-order chi connectivity index (χ0) is 14.8. The van der Waals surface area contributed by atoms with Crippen LogP contribution in [0.3, 0.4) is 0 Å². The molecule has 1 fully saturated rings. The molecule has 3 heteroatoms. The van der Waals surface area contributed by atoms with Gasteiger partial charge in [-0.2, -0.15) is 0 Å². The van der Waals surface area contributed by atoms with Crippen LogP contribution in [0.1, 0.15) is 47.2 Å². The van der Waals surface area contributed by atoms with Gasteiger partial charge in [-0.15, -0.1) is 0 Å². The number of carbonyl (C=O) groups excluding carboxylic acids is 1. The number of likely N-dealkylation sites (tertiary alicyclic amines) is 1. The van der Waals surface area contributed by atoms with Crippen LogP contribution in [0.4, 0.5) is 0 Å². The first kappa shape index (κ1) is 14.6. The van der Waals surface area contributed by atoms with Crippen molar-refractivity contribution in [2.24, 2.45) is 0 Å². The molecule has 0 bridgehead atoms. The van der Waals surface area contributed by atoms with E-state index >= 15 is 0 Å². The third-order valence-electron chi connectivity index (χ3n) is 5.10. The fraction of sp³-hybridized carbons (Fsp3) is 0.611. The molecule has 1 heterocycles. The lowest BCUT2D eigenvalue weighted by molar-refractivity contribution is 0.0761. The van der Waals surface area contributed by atoms with Crippen molar-refractivity contribution >= 4 is 5.91 Å². The molecule has 0 spiro atoms. The quantitative estimate of drug-likeness (QED) is 0.853. The van der Waals surface area contributed by atoms with Gasteiger partial charge in [-0.25, -0.2) is 0 Å². The van der Waals surface area contributed by atoms with Gasteiger partial charge in [0.05, 0.1) is 0 Å². The Morgan fingerprint density at radius 1 is 1.24 bits per heavy atom. The van der Waals surface area contributed by atoms with Gasteiger partial charge in [0.25, 0.3) is 5.91 Å². The SMILES string of the molecule is CN(C[C@H]1CCCN1C)C(=O)c1ccc2c(c1)CCCC2. The van der Waals surface area contributed by atoms with Gasteiger partial charge in [0.2, 0.25) is 0 Å². The Labute approximate surface area is 127 Å². The molecule has 3 nitrogen and oxygen atoms in total. The van der Waals surface area contributed by atoms with Gasteiger partial charge in [-0.3, -0.25) is 4.79 Å². The first-order chi connectivity index (χ1) is 10.1. The number of hydrogen-bond donors (Lipinski definition) is 0. The summed E-state index contributed by atoms with van der Waals surface area (Å²) in [5, 5.41) is 0. The molecule has 0 unspecified atom stereocenters. The Morgan fingerprint density at radius 3 is 2.71 bits per heavy atom. The summed E-state index contributed by atoms with van der Waals surface area (Å²) in [6, 6.07) is 6.83. The highest BCUT2D eigenvalue weighted by atomic mass is 16.2. The van der Waals surface area contributed by atoms with Crippen LogP contribution >= 0.6 is 0 Å². The van der Waals surface area contributed by atoms with E-state index in [0.717, 1.165) is 25.1 Å². The van der Waals surface area contributed by atoms with Gasteiger partial charge in [0, 0.05) is 25.2 Å². The van der Waals surface area contributed by atoms with Crippen molar-refractivity contribution in [1.29, 1.82) is 0 Å². The summed E-state index contributed by atoms with van der Waals surface area (Å²) in [5.74, 6) is 0.170. The van der Waals surface area contributed by atoms with Crippen molar-refractivity contribution in [2.45, 2.75) is 44.6 Å². The van der Waals surface area contributed by atoms with Crippen molar-refractivity contribution < 1.29 is 4.79 Å². The Balaban J connectivity index is 1.69. The van der Waals surface area contributed by atoms with Crippen LogP contribution in [0, 0.1) is 0 Å². The van der Waals surface area contributed by atoms with Crippen LogP contribution in [0.5, 0.6) is 0 Å². The zero-order valence-electron chi connectivity index (χ0n) is 13.3. The summed E-state index contributed by atoms with van der Waals surface area (Å²) in [5.41, 5.74) is 3.69. The number of amides is 1. The number of hydrogen-bond acceptors (Lipinski definition) is 2. The van der Waals surface area contributed by atoms with Crippen LogP contribution < -0.4 is 0 Å². The predicted octanol–water partition coefficient (Wildman–Crippen LogP) is 2.73. The van der Waals surface area contributed by atoms with Gasteiger partial charge in [0.1, 0.15) is 0 Å². The lowest BCUT2D eigenvalue weighted by atomic mass is 9.90. The fourth-order valence-corrected chi connectivity index (χ4v) is 3.70. The smallest absolute Gasteiger partial charge is 0.253 e. The van der Waals surface area contributed by atoms with E-state index < -0.39 is 0 Å². The molecule has 0 saturated carbocycles. The lowest BCUT2D eigenvalue weighted by Gasteiger charge is -2.26. The predicted molar refractivity (Wildman–Crippen MR) is 85.7 cm³/mol. The van der Waals surface area contributed by atoms with Crippen LogP contribution in [0.15, 0.2) is 18.2 Å². The Bertz CT molecular complexity index is 526. The topological polar surface area (TPSA) is 23.6 Å². The van der Waals surface area contributed by atoms with Crippen LogP contribution in [0.25, 0.3) is 0 Å². The highest BCUT2D eigenvalue weighted by Crippen LogP contribution is 2.23. The number of fused-ring (bicyclic) bond motifs is 1. The van der Waals surface area contributed by atoms with E-state index in [2.05, 4.69) is 24.1 Å². The molecule has 0 N–H and O–H groups in total. The van der Waals surface area contributed by atoms with Gasteiger partial charge in [0.15, 0.2) is 0 Å². The minimum Gasteiger partial charge on any atom is -0.340 e. The average molecular weight is 286 g/mol. The molecule has 1 aliphatic carbocycles. The zero-order valence-corrected chi connectivity index (χ0v) is 13.3. The van der Waals surface area contributed by atoms with Crippen molar-refractivity contribution in [3.05, 3.63) is 34.9 Å². The summed E-state index contributed by atoms with van der Waals surface area (Å²) in [6.07, 6.45) is 7.31. The second-order valence-corrected chi connectivity index (χ2v) is 6.65. The number of nitrogens with zero attached hydrogens (tertiary/aromatic N) is 2. The monoisotopic (exact) mass is 286 g/mol. The standard InChI is InChI=1S/C18H26N2O/c1-19-11-5-8-17(19)13-20(2)18(21)16-10-9-14-6-3-4-7-15(14)12-16/h9-10,12,17H,3-8,11,13H2,1-2H3/t17-/m1/s1. The minimum atomic E-state index is 0.170. The molecular weight excluding hydrogens is 260 g/mol. The van der Waals surface area contributed by atoms with Crippen molar-refractivity contribution in [3.8, 4) is 0 Å². The molecule has 1 aromatic rings. The highest BCUT2D eigenvalue weighted by molar-refractivity contribution is 5.94. The second kappa shape index (κ2) is 6.18. The normalized spacial score (nSPS) is 22.1. The molecule has 1 atom stereocenters. The highest BCUT2D eigenvalue weighted by Gasteiger charge is 2.24. The van der Waals surface area contributed by atoms with E-state index in [4.69, 9.17) is 0 Å². The maximum absolute atomic E-state index is 12.6. The van der Waals surface area contributed by atoms with Gasteiger partial charge in [-0.1, -0.05) is 6.07 Å². The number of likely N-dealkylation sites (N-methyl/N-ethyl adjacent to an activating group) is 2. The van der Waals surface area contributed by atoms with Crippen LogP contribution in [-0.2, 0) is 12.8 Å². The molecule has 114 valence electrons. The summed E-state index contributed by atoms with van der Waals surface area (Å²) in [6.45, 7) is 2.00. The molecule has 3 rings (SSSR count). The molecule has 21 heavy (non-hydrogen) atoms. The van der Waals surface area contributed by atoms with Crippen LogP contribution in [-0.4, -0.2) is 48.9 Å². The van der Waals surface area contributed by atoms with Crippen molar-refractivity contribution in [1.82, 2.24) is 9.80 Å². The molecule has 1 saturated heterocycles. The summed E-state index contributed by atoms with van der Waals surface area (Å²) in [7, 11) is 4.10. The third-order valence-corrected chi connectivity index (χ3v) is 5.10. The number of carbonyl (C=O) groups is 1. The van der Waals surface area contributed by atoms with E-state index in [1.54, 1.807) is 0 Å². The molecule has 0 radical (unpaired) electrons. The van der Waals surface area contributed by atoms with E-state index in [-0.39, 0.29) is 5.91 Å². The lowest BCUT2D eigenvalue weighted by Crippen LogP contribution is -2.39. The summed E-state index contributed by atoms with van der Waals surface area (Å²) < 4.78 is 0. The van der Waals surface area contributed by atoms with E-state index in [0.29, 0.717) is 6.04 Å². The first-order valence-corrected chi connectivity index (χ1v) is 8.22. The maximum Gasteiger partial charge on any atom is 0.253 e. The summed E-state index contributed by atoms with van der Waals surface area (Å²) >= 11 is 0.